The van der Waals surface area contributed by atoms with Crippen molar-refractivity contribution in [3.8, 4) is 0 Å². The number of benzene rings is 2. The normalized spacial score (nSPS) is 23.5. The molecule has 2 aliphatic rings. The lowest BCUT2D eigenvalue weighted by atomic mass is 10.1. The van der Waals surface area contributed by atoms with Crippen LogP contribution < -0.4 is 4.90 Å². The molecule has 0 N–H and O–H groups in total. The Labute approximate surface area is 235 Å². The second-order valence-corrected chi connectivity index (χ2v) is 14.0. The van der Waals surface area contributed by atoms with Crippen LogP contribution in [-0.4, -0.2) is 84.7 Å². The van der Waals surface area contributed by atoms with Crippen LogP contribution in [0, 0.1) is 5.82 Å². The van der Waals surface area contributed by atoms with E-state index >= 15 is 4.39 Å². The molecule has 0 bridgehead atoms. The molecule has 2 aromatic carbocycles. The van der Waals surface area contributed by atoms with Gasteiger partial charge in [0, 0.05) is 70.2 Å². The van der Waals surface area contributed by atoms with Gasteiger partial charge in [-0.25, -0.2) is 12.8 Å². The first kappa shape index (κ1) is 29.4. The molecule has 39 heavy (non-hydrogen) atoms. The van der Waals surface area contributed by atoms with Gasteiger partial charge in [0.2, 0.25) is 21.8 Å². The average Bonchev–Trinajstić information content (AvgIpc) is 2.90. The molecule has 3 unspecified atom stereocenters. The molecule has 0 saturated carbocycles. The first-order valence-electron chi connectivity index (χ1n) is 13.2. The van der Waals surface area contributed by atoms with Gasteiger partial charge in [-0.15, -0.1) is 11.8 Å². The third-order valence-corrected chi connectivity index (χ3v) is 11.8. The van der Waals surface area contributed by atoms with Crippen molar-refractivity contribution in [2.24, 2.45) is 0 Å². The van der Waals surface area contributed by atoms with Crippen LogP contribution in [-0.2, 0) is 31.9 Å². The van der Waals surface area contributed by atoms with E-state index < -0.39 is 26.5 Å². The van der Waals surface area contributed by atoms with Gasteiger partial charge in [0.15, 0.2) is 0 Å². The van der Waals surface area contributed by atoms with Crippen molar-refractivity contribution in [1.82, 2.24) is 14.1 Å². The second kappa shape index (κ2) is 12.3. The molecular weight excluding hydrogens is 539 g/mol. The molecule has 2 amide bonds. The van der Waals surface area contributed by atoms with Crippen molar-refractivity contribution in [2.75, 3.05) is 38.6 Å². The van der Waals surface area contributed by atoms with E-state index in [-0.39, 0.29) is 30.9 Å². The zero-order valence-corrected chi connectivity index (χ0v) is 24.5. The summed E-state index contributed by atoms with van der Waals surface area (Å²) >= 11 is 1.42. The zero-order valence-electron chi connectivity index (χ0n) is 22.9. The number of likely N-dealkylation sites (N-methyl/N-ethyl adjacent to an activating group) is 1. The summed E-state index contributed by atoms with van der Waals surface area (Å²) in [6.07, 6.45) is 1.28. The Morgan fingerprint density at radius 1 is 1.08 bits per heavy atom. The van der Waals surface area contributed by atoms with Crippen LogP contribution in [0.3, 0.4) is 0 Å². The number of halogens is 1. The van der Waals surface area contributed by atoms with E-state index in [1.807, 2.05) is 42.2 Å². The van der Waals surface area contributed by atoms with E-state index in [4.69, 9.17) is 0 Å². The summed E-state index contributed by atoms with van der Waals surface area (Å²) in [5.41, 5.74) is 1.98. The van der Waals surface area contributed by atoms with Crippen molar-refractivity contribution in [3.05, 3.63) is 65.5 Å². The van der Waals surface area contributed by atoms with Gasteiger partial charge in [0.05, 0.1) is 0 Å². The third kappa shape index (κ3) is 6.58. The fourth-order valence-corrected chi connectivity index (χ4v) is 8.94. The number of rotatable bonds is 7. The number of nitrogens with zero attached hydrogens (tertiary/aromatic N) is 4. The molecule has 0 aromatic heterocycles. The van der Waals surface area contributed by atoms with Gasteiger partial charge in [0.25, 0.3) is 0 Å². The minimum absolute atomic E-state index is 0.0299. The maximum Gasteiger partial charge on any atom is 0.246 e. The smallest absolute Gasteiger partial charge is 0.246 e. The fraction of sp³-hybridized carbons (Fsp3) is 0.500. The Morgan fingerprint density at radius 3 is 2.44 bits per heavy atom. The molecule has 212 valence electrons. The van der Waals surface area contributed by atoms with Gasteiger partial charge in [-0.3, -0.25) is 9.59 Å². The summed E-state index contributed by atoms with van der Waals surface area (Å²) in [6.45, 7) is 4.37. The van der Waals surface area contributed by atoms with Crippen molar-refractivity contribution in [1.29, 1.82) is 0 Å². The van der Waals surface area contributed by atoms with Crippen LogP contribution in [0.15, 0.2) is 48.5 Å². The van der Waals surface area contributed by atoms with Gasteiger partial charge < -0.3 is 14.7 Å². The lowest BCUT2D eigenvalue weighted by molar-refractivity contribution is -0.143. The standard InChI is InChI=1S/C28H37FN4O4S2/c1-20-10-13-27(38-19-22-8-6-5-7-9-22)39(36,37)33(20)17-23-11-12-24(16-25(23)29)31-14-15-32(21(2)34)26(18-31)28(35)30(3)4/h5-9,11-12,16,20,26-27H,10,13-15,17-19H2,1-4H3. The van der Waals surface area contributed by atoms with Crippen molar-refractivity contribution >= 4 is 39.3 Å². The maximum absolute atomic E-state index is 15.4. The van der Waals surface area contributed by atoms with Gasteiger partial charge in [-0.05, 0) is 37.5 Å². The van der Waals surface area contributed by atoms with E-state index in [0.29, 0.717) is 42.9 Å². The Kier molecular flexibility index (Phi) is 9.23. The SMILES string of the molecule is CC(=O)N1CCN(c2ccc(CN3C(C)CCC(SCc4ccccc4)S3(=O)=O)c(F)c2)CC1C(=O)N(C)C. The summed E-state index contributed by atoms with van der Waals surface area (Å²) in [4.78, 5) is 29.8. The Bertz CT molecular complexity index is 1290. The predicted molar refractivity (Wildman–Crippen MR) is 153 cm³/mol. The highest BCUT2D eigenvalue weighted by Gasteiger charge is 2.40. The number of hydrogen-bond acceptors (Lipinski definition) is 6. The van der Waals surface area contributed by atoms with Crippen molar-refractivity contribution in [2.45, 2.75) is 55.7 Å². The highest BCUT2D eigenvalue weighted by Crippen LogP contribution is 2.36. The number of carbonyl (C=O) groups is 2. The number of amides is 2. The second-order valence-electron chi connectivity index (χ2n) is 10.4. The molecule has 2 aromatic rings. The number of thioether (sulfide) groups is 1. The maximum atomic E-state index is 15.4. The molecule has 2 saturated heterocycles. The summed E-state index contributed by atoms with van der Waals surface area (Å²) in [7, 11) is -0.334. The lowest BCUT2D eigenvalue weighted by Gasteiger charge is -2.42. The molecule has 2 heterocycles. The monoisotopic (exact) mass is 576 g/mol. The fourth-order valence-electron chi connectivity index (χ4n) is 5.18. The largest absolute Gasteiger partial charge is 0.367 e. The number of carbonyl (C=O) groups excluding carboxylic acids is 2. The molecule has 8 nitrogen and oxygen atoms in total. The lowest BCUT2D eigenvalue weighted by Crippen LogP contribution is -2.60. The number of sulfonamides is 1. The molecule has 0 aliphatic carbocycles. The van der Waals surface area contributed by atoms with Crippen molar-refractivity contribution < 1.29 is 22.4 Å². The van der Waals surface area contributed by atoms with Crippen LogP contribution in [0.25, 0.3) is 0 Å². The number of hydrogen-bond donors (Lipinski definition) is 0. The summed E-state index contributed by atoms with van der Waals surface area (Å²) in [6, 6.07) is 13.7. The summed E-state index contributed by atoms with van der Waals surface area (Å²) < 4.78 is 43.3. The van der Waals surface area contributed by atoms with Gasteiger partial charge >= 0.3 is 0 Å². The van der Waals surface area contributed by atoms with E-state index in [1.54, 1.807) is 31.1 Å². The van der Waals surface area contributed by atoms with Crippen LogP contribution in [0.1, 0.15) is 37.8 Å². The molecule has 3 atom stereocenters. The minimum Gasteiger partial charge on any atom is -0.367 e. The van der Waals surface area contributed by atoms with Crippen molar-refractivity contribution in [3.63, 3.8) is 0 Å². The Balaban J connectivity index is 1.48. The van der Waals surface area contributed by atoms with Crippen LogP contribution in [0.4, 0.5) is 10.1 Å². The topological polar surface area (TPSA) is 81.2 Å². The molecule has 2 aliphatic heterocycles. The van der Waals surface area contributed by atoms with Gasteiger partial charge in [-0.1, -0.05) is 36.4 Å². The van der Waals surface area contributed by atoms with Gasteiger partial charge in [0.1, 0.15) is 16.4 Å². The highest BCUT2D eigenvalue weighted by atomic mass is 32.3. The molecule has 0 spiro atoms. The molecular formula is C28H37FN4O4S2. The third-order valence-electron chi connectivity index (χ3n) is 7.49. The van der Waals surface area contributed by atoms with E-state index in [1.165, 1.54) is 34.0 Å². The Hall–Kier alpha value is -2.63. The average molecular weight is 577 g/mol. The van der Waals surface area contributed by atoms with E-state index in [9.17, 15) is 18.0 Å². The number of piperazine rings is 1. The summed E-state index contributed by atoms with van der Waals surface area (Å²) in [5.74, 6) is -0.243. The highest BCUT2D eigenvalue weighted by molar-refractivity contribution is 8.12. The number of anilines is 1. The zero-order chi connectivity index (χ0) is 28.3. The van der Waals surface area contributed by atoms with E-state index in [2.05, 4.69) is 0 Å². The van der Waals surface area contributed by atoms with Crippen LogP contribution >= 0.6 is 11.8 Å². The molecule has 2 fully saturated rings. The summed E-state index contributed by atoms with van der Waals surface area (Å²) in [5, 5.41) is 0. The van der Waals surface area contributed by atoms with Crippen LogP contribution in [0.2, 0.25) is 0 Å². The molecule has 11 heteroatoms. The van der Waals surface area contributed by atoms with Gasteiger partial charge in [-0.2, -0.15) is 4.31 Å². The molecule has 4 rings (SSSR count). The first-order valence-corrected chi connectivity index (χ1v) is 15.7. The quantitative estimate of drug-likeness (QED) is 0.502. The predicted octanol–water partition coefficient (Wildman–Crippen LogP) is 3.52. The molecule has 0 radical (unpaired) electrons. The first-order chi connectivity index (χ1) is 18.5. The minimum atomic E-state index is -3.63. The van der Waals surface area contributed by atoms with E-state index in [0.717, 1.165) is 5.56 Å². The Morgan fingerprint density at radius 2 is 1.79 bits per heavy atom. The van der Waals surface area contributed by atoms with Crippen LogP contribution in [0.5, 0.6) is 0 Å².